The second kappa shape index (κ2) is 8.21. The third-order valence-electron chi connectivity index (χ3n) is 5.16. The van der Waals surface area contributed by atoms with Crippen molar-refractivity contribution in [2.75, 3.05) is 5.32 Å². The zero-order chi connectivity index (χ0) is 23.1. The van der Waals surface area contributed by atoms with E-state index in [0.29, 0.717) is 27.6 Å². The van der Waals surface area contributed by atoms with E-state index in [0.717, 1.165) is 28.1 Å². The first kappa shape index (κ1) is 21.0. The van der Waals surface area contributed by atoms with Crippen LogP contribution in [0.4, 0.5) is 11.5 Å². The second-order valence-electron chi connectivity index (χ2n) is 7.62. The maximum atomic E-state index is 12.2. The van der Waals surface area contributed by atoms with E-state index in [9.17, 15) is 4.79 Å². The summed E-state index contributed by atoms with van der Waals surface area (Å²) >= 11 is 3.39. The highest BCUT2D eigenvalue weighted by Gasteiger charge is 2.17. The quantitative estimate of drug-likeness (QED) is 0.346. The summed E-state index contributed by atoms with van der Waals surface area (Å²) < 4.78 is 4.22. The van der Waals surface area contributed by atoms with Gasteiger partial charge in [-0.3, -0.25) is 9.36 Å². The largest absolute Gasteiger partial charge is 0.339 e. The summed E-state index contributed by atoms with van der Waals surface area (Å²) in [4.78, 5) is 21.6. The molecule has 0 aliphatic carbocycles. The summed E-state index contributed by atoms with van der Waals surface area (Å²) in [5.74, 6) is 1.68. The molecule has 0 saturated heterocycles. The van der Waals surface area contributed by atoms with E-state index in [1.54, 1.807) is 17.1 Å². The van der Waals surface area contributed by atoms with Crippen molar-refractivity contribution in [2.24, 2.45) is 0 Å². The predicted octanol–water partition coefficient (Wildman–Crippen LogP) is 4.72. The molecule has 10 heteroatoms. The van der Waals surface area contributed by atoms with Crippen molar-refractivity contribution in [3.8, 4) is 11.6 Å². The van der Waals surface area contributed by atoms with Crippen molar-refractivity contribution < 1.29 is 4.79 Å². The summed E-state index contributed by atoms with van der Waals surface area (Å²) in [6.07, 6.45) is 1.71. The van der Waals surface area contributed by atoms with Gasteiger partial charge in [0.2, 0.25) is 0 Å². The number of hydrogen-bond acceptors (Lipinski definition) is 7. The summed E-state index contributed by atoms with van der Waals surface area (Å²) in [6.45, 7) is 5.33. The molecule has 164 valence electrons. The number of nitrogens with zero attached hydrogens (tertiary/aromatic N) is 7. The van der Waals surface area contributed by atoms with Crippen LogP contribution < -0.4 is 5.32 Å². The minimum Gasteiger partial charge on any atom is -0.339 e. The number of pyridine rings is 1. The number of imidazole rings is 1. The maximum absolute atomic E-state index is 12.2. The maximum Gasteiger partial charge on any atom is 0.166 e. The van der Waals surface area contributed by atoms with E-state index in [-0.39, 0.29) is 5.78 Å². The molecular formula is C23H19BrN8O. The molecular weight excluding hydrogens is 484 g/mol. The number of aryl methyl sites for hydroxylation is 2. The normalized spacial score (nSPS) is 11.2. The zero-order valence-electron chi connectivity index (χ0n) is 18.1. The monoisotopic (exact) mass is 502 g/mol. The molecule has 4 aromatic heterocycles. The van der Waals surface area contributed by atoms with Crippen LogP contribution >= 0.6 is 15.9 Å². The van der Waals surface area contributed by atoms with Crippen LogP contribution in [0.25, 0.3) is 22.7 Å². The van der Waals surface area contributed by atoms with Crippen LogP contribution in [0.1, 0.15) is 28.7 Å². The SMILES string of the molecule is CC(=O)c1ccc(-n2cnc3cc(Nc4ccc(C)nn4)ccc32)nc1-n1nc(Br)cc1C. The Morgan fingerprint density at radius 1 is 1.03 bits per heavy atom. The topological polar surface area (TPSA) is 103 Å². The molecule has 0 spiro atoms. The van der Waals surface area contributed by atoms with Crippen molar-refractivity contribution in [1.29, 1.82) is 0 Å². The van der Waals surface area contributed by atoms with Gasteiger partial charge in [0.05, 0.1) is 22.3 Å². The van der Waals surface area contributed by atoms with Gasteiger partial charge < -0.3 is 5.32 Å². The Bertz CT molecular complexity index is 1500. The summed E-state index contributed by atoms with van der Waals surface area (Å²) in [7, 11) is 0. The van der Waals surface area contributed by atoms with Crippen molar-refractivity contribution in [3.05, 3.63) is 76.4 Å². The van der Waals surface area contributed by atoms with Gasteiger partial charge in [-0.25, -0.2) is 14.6 Å². The average molecular weight is 503 g/mol. The first-order valence-electron chi connectivity index (χ1n) is 10.2. The Hall–Kier alpha value is -3.92. The Morgan fingerprint density at radius 2 is 1.88 bits per heavy atom. The highest BCUT2D eigenvalue weighted by atomic mass is 79.9. The van der Waals surface area contributed by atoms with E-state index in [1.165, 1.54) is 6.92 Å². The minimum atomic E-state index is -0.0829. The van der Waals surface area contributed by atoms with Crippen LogP contribution in [0.2, 0.25) is 0 Å². The Kier molecular flexibility index (Phi) is 5.21. The lowest BCUT2D eigenvalue weighted by Gasteiger charge is -2.11. The lowest BCUT2D eigenvalue weighted by atomic mass is 10.2. The van der Waals surface area contributed by atoms with Gasteiger partial charge in [0.25, 0.3) is 0 Å². The van der Waals surface area contributed by atoms with Gasteiger partial charge in [-0.2, -0.15) is 10.2 Å². The van der Waals surface area contributed by atoms with Crippen molar-refractivity contribution in [2.45, 2.75) is 20.8 Å². The molecule has 0 atom stereocenters. The number of Topliss-reactive ketones (excluding diaryl/α,β-unsaturated/α-hetero) is 1. The Morgan fingerprint density at radius 3 is 2.58 bits per heavy atom. The molecule has 0 fully saturated rings. The fourth-order valence-corrected chi connectivity index (χ4v) is 4.04. The standard InChI is InChI=1S/C23H19BrN8O/c1-13-4-8-21(29-28-13)26-16-5-7-19-18(11-16)25-12-31(19)22-9-6-17(15(3)33)23(27-22)32-14(2)10-20(24)30-32/h4-12H,1-3H3,(H,26,29). The lowest BCUT2D eigenvalue weighted by Crippen LogP contribution is -2.11. The van der Waals surface area contributed by atoms with E-state index in [4.69, 9.17) is 4.98 Å². The van der Waals surface area contributed by atoms with Gasteiger partial charge in [0.1, 0.15) is 16.7 Å². The van der Waals surface area contributed by atoms with Crippen LogP contribution in [-0.2, 0) is 0 Å². The Labute approximate surface area is 197 Å². The highest BCUT2D eigenvalue weighted by molar-refractivity contribution is 9.10. The number of hydrogen-bond donors (Lipinski definition) is 1. The van der Waals surface area contributed by atoms with Gasteiger partial charge in [-0.1, -0.05) is 0 Å². The number of fused-ring (bicyclic) bond motifs is 1. The fourth-order valence-electron chi connectivity index (χ4n) is 3.55. The number of halogens is 1. The van der Waals surface area contributed by atoms with E-state index >= 15 is 0 Å². The number of anilines is 2. The molecule has 1 aromatic carbocycles. The summed E-state index contributed by atoms with van der Waals surface area (Å²) in [5, 5.41) is 15.9. The van der Waals surface area contributed by atoms with Crippen LogP contribution in [0.3, 0.4) is 0 Å². The van der Waals surface area contributed by atoms with Gasteiger partial charge in [-0.15, -0.1) is 5.10 Å². The number of carbonyl (C=O) groups is 1. The first-order valence-corrected chi connectivity index (χ1v) is 11.0. The number of benzene rings is 1. The number of carbonyl (C=O) groups excluding carboxylic acids is 1. The molecule has 5 rings (SSSR count). The van der Waals surface area contributed by atoms with Crippen LogP contribution in [0.15, 0.2) is 59.5 Å². The predicted molar refractivity (Wildman–Crippen MR) is 128 cm³/mol. The van der Waals surface area contributed by atoms with Crippen LogP contribution in [-0.4, -0.2) is 40.3 Å². The van der Waals surface area contributed by atoms with E-state index < -0.39 is 0 Å². The van der Waals surface area contributed by atoms with Gasteiger partial charge in [-0.05, 0) is 85.2 Å². The smallest absolute Gasteiger partial charge is 0.166 e. The molecule has 33 heavy (non-hydrogen) atoms. The molecule has 0 radical (unpaired) electrons. The molecule has 0 unspecified atom stereocenters. The number of rotatable bonds is 5. The number of ketones is 1. The zero-order valence-corrected chi connectivity index (χ0v) is 19.7. The summed E-state index contributed by atoms with van der Waals surface area (Å²) in [6, 6.07) is 15.1. The van der Waals surface area contributed by atoms with Gasteiger partial charge >= 0.3 is 0 Å². The molecule has 0 bridgehead atoms. The molecule has 0 amide bonds. The average Bonchev–Trinajstić information content (AvgIpc) is 3.36. The van der Waals surface area contributed by atoms with E-state index in [2.05, 4.69) is 41.5 Å². The first-order chi connectivity index (χ1) is 15.9. The highest BCUT2D eigenvalue weighted by Crippen LogP contribution is 2.25. The van der Waals surface area contributed by atoms with Crippen LogP contribution in [0.5, 0.6) is 0 Å². The summed E-state index contributed by atoms with van der Waals surface area (Å²) in [5.41, 5.74) is 4.73. The molecule has 0 aliphatic rings. The molecule has 0 saturated carbocycles. The van der Waals surface area contributed by atoms with Crippen molar-refractivity contribution >= 4 is 44.3 Å². The molecule has 4 heterocycles. The third kappa shape index (κ3) is 4.00. The van der Waals surface area contributed by atoms with Crippen molar-refractivity contribution in [3.63, 3.8) is 0 Å². The fraction of sp³-hybridized carbons (Fsp3) is 0.130. The molecule has 1 N–H and O–H groups in total. The number of aromatic nitrogens is 7. The van der Waals surface area contributed by atoms with Crippen molar-refractivity contribution in [1.82, 2.24) is 34.5 Å². The van der Waals surface area contributed by atoms with Gasteiger partial charge in [0, 0.05) is 11.4 Å². The molecule has 5 aromatic rings. The van der Waals surface area contributed by atoms with Crippen LogP contribution in [0, 0.1) is 13.8 Å². The Balaban J connectivity index is 1.55. The minimum absolute atomic E-state index is 0.0829. The van der Waals surface area contributed by atoms with Gasteiger partial charge in [0.15, 0.2) is 17.4 Å². The second-order valence-corrected chi connectivity index (χ2v) is 8.43. The molecule has 0 aliphatic heterocycles. The third-order valence-corrected chi connectivity index (χ3v) is 5.55. The molecule has 9 nitrogen and oxygen atoms in total. The lowest BCUT2D eigenvalue weighted by molar-refractivity contribution is 0.101. The number of nitrogens with one attached hydrogen (secondary N) is 1. The van der Waals surface area contributed by atoms with E-state index in [1.807, 2.05) is 60.9 Å².